The molecule has 19 heavy (non-hydrogen) atoms. The van der Waals surface area contributed by atoms with Crippen LogP contribution in [-0.4, -0.2) is 25.3 Å². The Labute approximate surface area is 114 Å². The molecule has 0 spiro atoms. The normalized spacial score (nSPS) is 15.2. The van der Waals surface area contributed by atoms with Crippen molar-refractivity contribution in [3.05, 3.63) is 42.0 Å². The molecule has 5 heteroatoms. The van der Waals surface area contributed by atoms with Crippen molar-refractivity contribution in [1.82, 2.24) is 4.31 Å². The predicted octanol–water partition coefficient (Wildman–Crippen LogP) is 2.21. The summed E-state index contributed by atoms with van der Waals surface area (Å²) in [5, 5.41) is 8.88. The van der Waals surface area contributed by atoms with Crippen LogP contribution in [0.2, 0.25) is 0 Å². The third kappa shape index (κ3) is 2.70. The van der Waals surface area contributed by atoms with Crippen molar-refractivity contribution in [2.24, 2.45) is 0 Å². The molecule has 0 amide bonds. The van der Waals surface area contributed by atoms with Gasteiger partial charge in [0.1, 0.15) is 0 Å². The van der Waals surface area contributed by atoms with Crippen molar-refractivity contribution < 1.29 is 8.42 Å². The van der Waals surface area contributed by atoms with Crippen molar-refractivity contribution in [2.75, 3.05) is 6.54 Å². The topological polar surface area (TPSA) is 61.2 Å². The maximum Gasteiger partial charge on any atom is 0.243 e. The van der Waals surface area contributed by atoms with Crippen molar-refractivity contribution in [3.63, 3.8) is 0 Å². The van der Waals surface area contributed by atoms with E-state index in [4.69, 9.17) is 5.26 Å². The second kappa shape index (κ2) is 5.16. The fraction of sp³-hybridized carbons (Fsp3) is 0.357. The fourth-order valence-corrected chi connectivity index (χ4v) is 3.73. The maximum absolute atomic E-state index is 12.6. The number of hydrogen-bond donors (Lipinski definition) is 0. The number of sulfonamides is 1. The van der Waals surface area contributed by atoms with Gasteiger partial charge in [0, 0.05) is 12.6 Å². The number of benzene rings is 1. The predicted molar refractivity (Wildman–Crippen MR) is 73.0 cm³/mol. The summed E-state index contributed by atoms with van der Waals surface area (Å²) >= 11 is 0. The van der Waals surface area contributed by atoms with Crippen LogP contribution in [0.4, 0.5) is 0 Å². The summed E-state index contributed by atoms with van der Waals surface area (Å²) in [6.45, 7) is 5.68. The van der Waals surface area contributed by atoms with Crippen LogP contribution >= 0.6 is 0 Å². The van der Waals surface area contributed by atoms with Crippen LogP contribution in [0.15, 0.2) is 35.7 Å². The maximum atomic E-state index is 12.6. The molecule has 1 aliphatic carbocycles. The molecule has 0 bridgehead atoms. The summed E-state index contributed by atoms with van der Waals surface area (Å²) in [6, 6.07) is 6.75. The lowest BCUT2D eigenvalue weighted by Gasteiger charge is -2.20. The monoisotopic (exact) mass is 276 g/mol. The number of rotatable bonds is 5. The second-order valence-electron chi connectivity index (χ2n) is 4.68. The molecule has 0 aliphatic heterocycles. The molecule has 0 unspecified atom stereocenters. The van der Waals surface area contributed by atoms with Crippen molar-refractivity contribution in [1.29, 1.82) is 5.26 Å². The summed E-state index contributed by atoms with van der Waals surface area (Å²) in [6.07, 6.45) is 3.41. The van der Waals surface area contributed by atoms with E-state index in [0.29, 0.717) is 17.7 Å². The molecule has 1 aliphatic rings. The highest BCUT2D eigenvalue weighted by Crippen LogP contribution is 2.32. The van der Waals surface area contributed by atoms with E-state index >= 15 is 0 Å². The van der Waals surface area contributed by atoms with E-state index < -0.39 is 10.0 Å². The van der Waals surface area contributed by atoms with Crippen LogP contribution in [0.1, 0.15) is 24.0 Å². The lowest BCUT2D eigenvalue weighted by atomic mass is 10.1. The van der Waals surface area contributed by atoms with Crippen LogP contribution in [0.25, 0.3) is 0 Å². The van der Waals surface area contributed by atoms with Gasteiger partial charge in [0.25, 0.3) is 0 Å². The van der Waals surface area contributed by atoms with Gasteiger partial charge in [-0.15, -0.1) is 6.58 Å². The standard InChI is InChI=1S/C14H16N2O2S/c1-3-8-16(13-5-6-13)19(17,18)14-7-4-12(10-15)11(2)9-14/h3-4,7,9,13H,1,5-6,8H2,2H3. The van der Waals surface area contributed by atoms with Crippen LogP contribution in [0.3, 0.4) is 0 Å². The van der Waals surface area contributed by atoms with Gasteiger partial charge >= 0.3 is 0 Å². The average molecular weight is 276 g/mol. The molecule has 100 valence electrons. The Kier molecular flexibility index (Phi) is 3.74. The molecule has 4 nitrogen and oxygen atoms in total. The lowest BCUT2D eigenvalue weighted by molar-refractivity contribution is 0.436. The fourth-order valence-electron chi connectivity index (χ4n) is 1.99. The van der Waals surface area contributed by atoms with Crippen molar-refractivity contribution in [3.8, 4) is 6.07 Å². The molecule has 1 aromatic carbocycles. The van der Waals surface area contributed by atoms with E-state index in [-0.39, 0.29) is 10.9 Å². The molecule has 0 N–H and O–H groups in total. The minimum atomic E-state index is -3.49. The van der Waals surface area contributed by atoms with E-state index in [1.807, 2.05) is 6.07 Å². The minimum Gasteiger partial charge on any atom is -0.207 e. The minimum absolute atomic E-state index is 0.0962. The van der Waals surface area contributed by atoms with Crippen LogP contribution in [-0.2, 0) is 10.0 Å². The zero-order valence-corrected chi connectivity index (χ0v) is 11.7. The Balaban J connectivity index is 2.40. The Hall–Kier alpha value is -1.64. The summed E-state index contributed by atoms with van der Waals surface area (Å²) < 4.78 is 26.6. The van der Waals surface area contributed by atoms with Gasteiger partial charge in [-0.3, -0.25) is 0 Å². The Morgan fingerprint density at radius 3 is 2.68 bits per heavy atom. The van der Waals surface area contributed by atoms with Gasteiger partial charge in [-0.1, -0.05) is 6.08 Å². The zero-order valence-electron chi connectivity index (χ0n) is 10.8. The smallest absolute Gasteiger partial charge is 0.207 e. The first-order valence-corrected chi connectivity index (χ1v) is 7.58. The van der Waals surface area contributed by atoms with Gasteiger partial charge in [-0.2, -0.15) is 9.57 Å². The Morgan fingerprint density at radius 1 is 1.53 bits per heavy atom. The van der Waals surface area contributed by atoms with E-state index in [0.717, 1.165) is 12.8 Å². The summed E-state index contributed by atoms with van der Waals surface area (Å²) in [7, 11) is -3.49. The van der Waals surface area contributed by atoms with Crippen molar-refractivity contribution in [2.45, 2.75) is 30.7 Å². The summed E-state index contributed by atoms with van der Waals surface area (Å²) in [5.41, 5.74) is 1.18. The first kappa shape index (κ1) is 13.8. The van der Waals surface area contributed by atoms with Gasteiger partial charge < -0.3 is 0 Å². The molecule has 0 saturated heterocycles. The molecule has 0 aromatic heterocycles. The SMILES string of the molecule is C=CCN(C1CC1)S(=O)(=O)c1ccc(C#N)c(C)c1. The first-order valence-electron chi connectivity index (χ1n) is 6.14. The molecule has 1 aromatic rings. The zero-order chi connectivity index (χ0) is 14.0. The second-order valence-corrected chi connectivity index (χ2v) is 6.57. The van der Waals surface area contributed by atoms with Crippen molar-refractivity contribution >= 4 is 10.0 Å². The average Bonchev–Trinajstić information content (AvgIpc) is 3.19. The Morgan fingerprint density at radius 2 is 2.21 bits per heavy atom. The van der Waals surface area contributed by atoms with E-state index in [2.05, 4.69) is 6.58 Å². The van der Waals surface area contributed by atoms with Gasteiger partial charge in [0.05, 0.1) is 16.5 Å². The van der Waals surface area contributed by atoms with Crippen LogP contribution in [0.5, 0.6) is 0 Å². The third-order valence-corrected chi connectivity index (χ3v) is 5.10. The quantitative estimate of drug-likeness (QED) is 0.775. The molecule has 0 heterocycles. The molecule has 1 fully saturated rings. The van der Waals surface area contributed by atoms with Gasteiger partial charge in [0.2, 0.25) is 10.0 Å². The molecular formula is C14H16N2O2S. The number of hydrogen-bond acceptors (Lipinski definition) is 3. The van der Waals surface area contributed by atoms with Crippen LogP contribution < -0.4 is 0 Å². The highest BCUT2D eigenvalue weighted by Gasteiger charge is 2.37. The molecule has 0 radical (unpaired) electrons. The number of nitrogens with zero attached hydrogens (tertiary/aromatic N) is 2. The molecular weight excluding hydrogens is 260 g/mol. The number of aryl methyl sites for hydroxylation is 1. The van der Waals surface area contributed by atoms with Gasteiger partial charge in [-0.25, -0.2) is 8.42 Å². The van der Waals surface area contributed by atoms with Crippen LogP contribution in [0, 0.1) is 18.3 Å². The van der Waals surface area contributed by atoms with E-state index in [1.54, 1.807) is 25.1 Å². The highest BCUT2D eigenvalue weighted by molar-refractivity contribution is 7.89. The molecule has 0 atom stereocenters. The van der Waals surface area contributed by atoms with E-state index in [9.17, 15) is 8.42 Å². The van der Waals surface area contributed by atoms with E-state index in [1.165, 1.54) is 10.4 Å². The highest BCUT2D eigenvalue weighted by atomic mass is 32.2. The third-order valence-electron chi connectivity index (χ3n) is 3.19. The lowest BCUT2D eigenvalue weighted by Crippen LogP contribution is -2.33. The summed E-state index contributed by atoms with van der Waals surface area (Å²) in [4.78, 5) is 0.248. The van der Waals surface area contributed by atoms with Gasteiger partial charge in [-0.05, 0) is 43.5 Å². The Bertz CT molecular complexity index is 640. The largest absolute Gasteiger partial charge is 0.243 e. The number of nitriles is 1. The first-order chi connectivity index (χ1) is 9.00. The molecule has 1 saturated carbocycles. The van der Waals surface area contributed by atoms with Gasteiger partial charge in [0.15, 0.2) is 0 Å². The summed E-state index contributed by atoms with van der Waals surface area (Å²) in [5.74, 6) is 0. The molecule has 2 rings (SSSR count).